The summed E-state index contributed by atoms with van der Waals surface area (Å²) in [4.78, 5) is 10.9. The number of rotatable bonds is 5. The maximum atomic E-state index is 10.9. The predicted octanol–water partition coefficient (Wildman–Crippen LogP) is 1.01. The van der Waals surface area contributed by atoms with Crippen molar-refractivity contribution >= 4 is 31.0 Å². The molecular formula is C7H16ClNO2S. The van der Waals surface area contributed by atoms with Crippen LogP contribution < -0.4 is 5.73 Å². The molecule has 0 fully saturated rings. The SMILES string of the molecule is CCCCOC(=O)C(N)CS.Cl. The summed E-state index contributed by atoms with van der Waals surface area (Å²) in [7, 11) is 0. The monoisotopic (exact) mass is 213 g/mol. The maximum absolute atomic E-state index is 10.9. The van der Waals surface area contributed by atoms with Crippen molar-refractivity contribution < 1.29 is 9.53 Å². The first-order chi connectivity index (χ1) is 5.22. The molecule has 12 heavy (non-hydrogen) atoms. The van der Waals surface area contributed by atoms with Gasteiger partial charge in [0, 0.05) is 5.75 Å². The lowest BCUT2D eigenvalue weighted by molar-refractivity contribution is -0.144. The summed E-state index contributed by atoms with van der Waals surface area (Å²) in [5.74, 6) is -0.0150. The fraction of sp³-hybridized carbons (Fsp3) is 0.857. The highest BCUT2D eigenvalue weighted by molar-refractivity contribution is 7.80. The summed E-state index contributed by atoms with van der Waals surface area (Å²) >= 11 is 3.87. The molecule has 0 aromatic carbocycles. The first-order valence-electron chi connectivity index (χ1n) is 3.75. The fourth-order valence-corrected chi connectivity index (χ4v) is 0.648. The number of esters is 1. The van der Waals surface area contributed by atoms with Crippen LogP contribution in [0, 0.1) is 0 Å². The molecule has 0 aromatic heterocycles. The van der Waals surface area contributed by atoms with E-state index in [2.05, 4.69) is 12.6 Å². The number of nitrogens with two attached hydrogens (primary N) is 1. The lowest BCUT2D eigenvalue weighted by atomic mass is 10.3. The van der Waals surface area contributed by atoms with E-state index >= 15 is 0 Å². The average molecular weight is 214 g/mol. The van der Waals surface area contributed by atoms with Crippen molar-refractivity contribution in [2.45, 2.75) is 25.8 Å². The summed E-state index contributed by atoms with van der Waals surface area (Å²) in [6.45, 7) is 2.50. The summed E-state index contributed by atoms with van der Waals surface area (Å²) < 4.78 is 4.82. The predicted molar refractivity (Wildman–Crippen MR) is 54.9 cm³/mol. The molecule has 0 aromatic rings. The van der Waals surface area contributed by atoms with E-state index in [9.17, 15) is 4.79 Å². The number of hydrogen-bond acceptors (Lipinski definition) is 4. The van der Waals surface area contributed by atoms with Crippen molar-refractivity contribution in [2.24, 2.45) is 5.73 Å². The molecule has 0 aliphatic rings. The lowest BCUT2D eigenvalue weighted by Crippen LogP contribution is -2.34. The zero-order valence-electron chi connectivity index (χ0n) is 7.16. The van der Waals surface area contributed by atoms with Gasteiger partial charge >= 0.3 is 5.97 Å². The number of carbonyl (C=O) groups excluding carboxylic acids is 1. The van der Waals surface area contributed by atoms with Gasteiger partial charge < -0.3 is 10.5 Å². The van der Waals surface area contributed by atoms with E-state index in [-0.39, 0.29) is 18.4 Å². The van der Waals surface area contributed by atoms with E-state index in [1.165, 1.54) is 0 Å². The molecule has 74 valence electrons. The molecule has 0 saturated heterocycles. The van der Waals surface area contributed by atoms with Gasteiger partial charge in [0.2, 0.25) is 0 Å². The normalized spacial score (nSPS) is 11.6. The number of thiol groups is 1. The van der Waals surface area contributed by atoms with Crippen LogP contribution in [0.5, 0.6) is 0 Å². The van der Waals surface area contributed by atoms with Crippen molar-refractivity contribution in [2.75, 3.05) is 12.4 Å². The molecule has 0 heterocycles. The third-order valence-corrected chi connectivity index (χ3v) is 1.64. The maximum Gasteiger partial charge on any atom is 0.323 e. The third kappa shape index (κ3) is 6.76. The quantitative estimate of drug-likeness (QED) is 0.407. The third-order valence-electron chi connectivity index (χ3n) is 1.24. The summed E-state index contributed by atoms with van der Waals surface area (Å²) in [6, 6.07) is -0.574. The molecule has 0 bridgehead atoms. The molecule has 0 saturated carbocycles. The second kappa shape index (κ2) is 9.16. The molecule has 2 N–H and O–H groups in total. The van der Waals surface area contributed by atoms with Crippen LogP contribution >= 0.6 is 25.0 Å². The molecule has 0 spiro atoms. The highest BCUT2D eigenvalue weighted by atomic mass is 35.5. The molecule has 0 rings (SSSR count). The molecule has 0 aliphatic carbocycles. The number of unbranched alkanes of at least 4 members (excludes halogenated alkanes) is 1. The van der Waals surface area contributed by atoms with Crippen LogP contribution in [0.4, 0.5) is 0 Å². The van der Waals surface area contributed by atoms with Crippen LogP contribution in [-0.2, 0) is 9.53 Å². The summed E-state index contributed by atoms with van der Waals surface area (Å²) in [5, 5.41) is 0. The topological polar surface area (TPSA) is 52.3 Å². The van der Waals surface area contributed by atoms with Gasteiger partial charge in [-0.25, -0.2) is 0 Å². The van der Waals surface area contributed by atoms with Crippen LogP contribution in [0.1, 0.15) is 19.8 Å². The molecule has 1 atom stereocenters. The molecular weight excluding hydrogens is 198 g/mol. The Labute approximate surface area is 84.9 Å². The van der Waals surface area contributed by atoms with Crippen LogP contribution in [0.3, 0.4) is 0 Å². The molecule has 0 aliphatic heterocycles. The van der Waals surface area contributed by atoms with Crippen LogP contribution in [0.2, 0.25) is 0 Å². The largest absolute Gasteiger partial charge is 0.465 e. The van der Waals surface area contributed by atoms with Crippen molar-refractivity contribution in [3.05, 3.63) is 0 Å². The molecule has 3 nitrogen and oxygen atoms in total. The van der Waals surface area contributed by atoms with Crippen LogP contribution in [-0.4, -0.2) is 24.4 Å². The summed E-state index contributed by atoms with van der Waals surface area (Å²) in [5.41, 5.74) is 5.35. The van der Waals surface area contributed by atoms with Crippen molar-refractivity contribution in [3.8, 4) is 0 Å². The van der Waals surface area contributed by atoms with Gasteiger partial charge in [-0.1, -0.05) is 13.3 Å². The smallest absolute Gasteiger partial charge is 0.323 e. The Kier molecular flexibility index (Phi) is 11.1. The minimum atomic E-state index is -0.574. The lowest BCUT2D eigenvalue weighted by Gasteiger charge is -2.07. The van der Waals surface area contributed by atoms with Crippen molar-refractivity contribution in [1.82, 2.24) is 0 Å². The zero-order chi connectivity index (χ0) is 8.69. The minimum absolute atomic E-state index is 0. The Bertz CT molecular complexity index is 124. The fourth-order valence-electron chi connectivity index (χ4n) is 0.499. The highest BCUT2D eigenvalue weighted by Gasteiger charge is 2.11. The van der Waals surface area contributed by atoms with Gasteiger partial charge in [0.25, 0.3) is 0 Å². The van der Waals surface area contributed by atoms with E-state index in [0.29, 0.717) is 12.4 Å². The number of ether oxygens (including phenoxy) is 1. The van der Waals surface area contributed by atoms with Gasteiger partial charge in [-0.3, -0.25) is 4.79 Å². The second-order valence-corrected chi connectivity index (χ2v) is 2.68. The van der Waals surface area contributed by atoms with Gasteiger partial charge in [-0.2, -0.15) is 12.6 Å². The number of carbonyl (C=O) groups is 1. The molecule has 5 heteroatoms. The standard InChI is InChI=1S/C7H15NO2S.ClH/c1-2-3-4-10-7(9)6(8)5-11;/h6,11H,2-5,8H2,1H3;1H. The average Bonchev–Trinajstić information content (AvgIpc) is 2.03. The van der Waals surface area contributed by atoms with E-state index < -0.39 is 6.04 Å². The van der Waals surface area contributed by atoms with Crippen molar-refractivity contribution in [1.29, 1.82) is 0 Å². The Morgan fingerprint density at radius 3 is 2.67 bits per heavy atom. The first-order valence-corrected chi connectivity index (χ1v) is 4.38. The Morgan fingerprint density at radius 1 is 1.67 bits per heavy atom. The van der Waals surface area contributed by atoms with Gasteiger partial charge in [-0.15, -0.1) is 12.4 Å². The highest BCUT2D eigenvalue weighted by Crippen LogP contribution is 1.92. The van der Waals surface area contributed by atoms with E-state index in [1.54, 1.807) is 0 Å². The van der Waals surface area contributed by atoms with Gasteiger partial charge in [0.1, 0.15) is 6.04 Å². The van der Waals surface area contributed by atoms with Crippen molar-refractivity contribution in [3.63, 3.8) is 0 Å². The van der Waals surface area contributed by atoms with Crippen LogP contribution in [0.25, 0.3) is 0 Å². The first kappa shape index (κ1) is 14.6. The zero-order valence-corrected chi connectivity index (χ0v) is 8.87. The van der Waals surface area contributed by atoms with E-state index in [4.69, 9.17) is 10.5 Å². The Morgan fingerprint density at radius 2 is 2.25 bits per heavy atom. The van der Waals surface area contributed by atoms with E-state index in [1.807, 2.05) is 6.92 Å². The van der Waals surface area contributed by atoms with Crippen LogP contribution in [0.15, 0.2) is 0 Å². The minimum Gasteiger partial charge on any atom is -0.465 e. The second-order valence-electron chi connectivity index (χ2n) is 2.31. The van der Waals surface area contributed by atoms with Gasteiger partial charge in [0.15, 0.2) is 0 Å². The Hall–Kier alpha value is 0.0700. The van der Waals surface area contributed by atoms with Gasteiger partial charge in [-0.05, 0) is 6.42 Å². The molecule has 0 radical (unpaired) electrons. The number of hydrogen-bond donors (Lipinski definition) is 2. The molecule has 0 amide bonds. The molecule has 1 unspecified atom stereocenters. The van der Waals surface area contributed by atoms with E-state index in [0.717, 1.165) is 12.8 Å². The number of halogens is 1. The summed E-state index contributed by atoms with van der Waals surface area (Å²) in [6.07, 6.45) is 1.91. The van der Waals surface area contributed by atoms with Gasteiger partial charge in [0.05, 0.1) is 6.61 Å². The Balaban J connectivity index is 0.